The van der Waals surface area contributed by atoms with Crippen molar-refractivity contribution in [2.24, 2.45) is 16.7 Å². The van der Waals surface area contributed by atoms with Crippen LogP contribution >= 0.6 is 0 Å². The second-order valence-electron chi connectivity index (χ2n) is 17.0. The number of ketones is 1. The van der Waals surface area contributed by atoms with Gasteiger partial charge in [-0.15, -0.1) is 0 Å². The van der Waals surface area contributed by atoms with Crippen molar-refractivity contribution in [1.82, 2.24) is 5.32 Å². The molecule has 1 aliphatic heterocycles. The molecule has 324 valence electrons. The molecule has 1 saturated heterocycles. The van der Waals surface area contributed by atoms with Gasteiger partial charge >= 0.3 is 23.9 Å². The summed E-state index contributed by atoms with van der Waals surface area (Å²) in [6, 6.07) is 17.5. The third kappa shape index (κ3) is 7.14. The number of esters is 4. The molecule has 3 aliphatic carbocycles. The average molecular weight is 844 g/mol. The molecule has 1 amide bonds. The predicted octanol–water partition coefficient (Wildman–Crippen LogP) is 3.33. The van der Waals surface area contributed by atoms with Crippen LogP contribution in [-0.2, 0) is 42.9 Å². The number of ether oxygens (including phenoxy) is 5. The number of aliphatic hydroxyl groups excluding tert-OH is 2. The first kappa shape index (κ1) is 43.4. The lowest BCUT2D eigenvalue weighted by Crippen LogP contribution is -2.82. The van der Waals surface area contributed by atoms with Gasteiger partial charge in [-0.2, -0.15) is 0 Å². The Morgan fingerprint density at radius 2 is 1.54 bits per heavy atom. The van der Waals surface area contributed by atoms with Crippen LogP contribution in [0.15, 0.2) is 94.6 Å². The van der Waals surface area contributed by atoms with Gasteiger partial charge in [0.05, 0.1) is 41.9 Å². The Kier molecular flexibility index (Phi) is 11.4. The molecule has 2 saturated carbocycles. The van der Waals surface area contributed by atoms with Gasteiger partial charge in [-0.25, -0.2) is 9.59 Å². The van der Waals surface area contributed by atoms with Gasteiger partial charge in [-0.3, -0.25) is 19.2 Å². The van der Waals surface area contributed by atoms with E-state index in [-0.39, 0.29) is 35.5 Å². The summed E-state index contributed by atoms with van der Waals surface area (Å²) in [7, 11) is 0. The maximum Gasteiger partial charge on any atom is 0.338 e. The van der Waals surface area contributed by atoms with E-state index in [0.717, 1.165) is 13.8 Å². The van der Waals surface area contributed by atoms with Crippen molar-refractivity contribution in [3.8, 4) is 0 Å². The van der Waals surface area contributed by atoms with E-state index in [0.29, 0.717) is 5.56 Å². The van der Waals surface area contributed by atoms with E-state index >= 15 is 4.79 Å². The van der Waals surface area contributed by atoms with Crippen LogP contribution in [0.5, 0.6) is 0 Å². The molecule has 16 nitrogen and oxygen atoms in total. The fourth-order valence-corrected chi connectivity index (χ4v) is 9.99. The highest BCUT2D eigenvalue weighted by Crippen LogP contribution is 2.64. The topological polar surface area (TPSA) is 234 Å². The van der Waals surface area contributed by atoms with Gasteiger partial charge in [0.25, 0.3) is 5.91 Å². The maximum atomic E-state index is 15.5. The number of hydrogen-bond acceptors (Lipinski definition) is 15. The van der Waals surface area contributed by atoms with Crippen LogP contribution in [0.25, 0.3) is 0 Å². The smallest absolute Gasteiger partial charge is 0.338 e. The van der Waals surface area contributed by atoms with Crippen molar-refractivity contribution in [3.05, 3.63) is 107 Å². The molecular weight excluding hydrogens is 794 g/mol. The third-order valence-corrected chi connectivity index (χ3v) is 13.2. The molecule has 2 bridgehead atoms. The number of benzene rings is 2. The number of fused-ring (bicyclic) bond motifs is 5. The van der Waals surface area contributed by atoms with Crippen LogP contribution in [0.1, 0.15) is 86.9 Å². The van der Waals surface area contributed by atoms with Gasteiger partial charge in [-0.05, 0) is 54.8 Å². The van der Waals surface area contributed by atoms with Gasteiger partial charge < -0.3 is 48.7 Å². The lowest BCUT2D eigenvalue weighted by atomic mass is 9.44. The lowest BCUT2D eigenvalue weighted by Gasteiger charge is -2.67. The van der Waals surface area contributed by atoms with Crippen molar-refractivity contribution in [2.75, 3.05) is 6.61 Å². The number of aliphatic hydroxyl groups is 3. The van der Waals surface area contributed by atoms with Gasteiger partial charge in [0.15, 0.2) is 29.4 Å². The zero-order valence-electron chi connectivity index (χ0n) is 34.5. The van der Waals surface area contributed by atoms with Crippen LogP contribution in [0.2, 0.25) is 0 Å². The molecule has 1 aromatic heterocycles. The highest BCUT2D eigenvalue weighted by atomic mass is 16.6. The number of rotatable bonds is 10. The molecule has 11 atom stereocenters. The van der Waals surface area contributed by atoms with E-state index in [1.54, 1.807) is 62.4 Å². The highest BCUT2D eigenvalue weighted by Gasteiger charge is 2.78. The van der Waals surface area contributed by atoms with E-state index in [1.807, 2.05) is 0 Å². The summed E-state index contributed by atoms with van der Waals surface area (Å²) in [6.07, 6.45) is -9.31. The summed E-state index contributed by atoms with van der Waals surface area (Å²) in [5.74, 6) is -7.15. The monoisotopic (exact) mass is 843 g/mol. The molecule has 1 unspecified atom stereocenters. The van der Waals surface area contributed by atoms with Crippen molar-refractivity contribution < 1.29 is 72.2 Å². The van der Waals surface area contributed by atoms with Crippen LogP contribution in [0, 0.1) is 16.7 Å². The molecule has 7 rings (SSSR count). The van der Waals surface area contributed by atoms with Crippen LogP contribution < -0.4 is 5.32 Å². The number of nitrogens with one attached hydrogen (secondary N) is 1. The minimum atomic E-state index is -2.40. The van der Waals surface area contributed by atoms with E-state index in [4.69, 9.17) is 28.1 Å². The number of Topliss-reactive ketones (excluding diaryl/α,β-unsaturated/α-hetero) is 1. The minimum absolute atomic E-state index is 0.0133. The van der Waals surface area contributed by atoms with Crippen LogP contribution in [0.3, 0.4) is 0 Å². The molecule has 3 aromatic rings. The van der Waals surface area contributed by atoms with E-state index < -0.39 is 113 Å². The average Bonchev–Trinajstić information content (AvgIpc) is 3.77. The first-order chi connectivity index (χ1) is 28.8. The highest BCUT2D eigenvalue weighted by molar-refractivity contribution is 5.96. The maximum absolute atomic E-state index is 15.5. The number of amides is 1. The van der Waals surface area contributed by atoms with E-state index in [9.17, 15) is 39.3 Å². The van der Waals surface area contributed by atoms with Crippen molar-refractivity contribution in [3.63, 3.8) is 0 Å². The third-order valence-electron chi connectivity index (χ3n) is 13.2. The second-order valence-corrected chi connectivity index (χ2v) is 17.0. The fraction of sp³-hybridized carbons (Fsp3) is 0.467. The van der Waals surface area contributed by atoms with E-state index in [2.05, 4.69) is 5.32 Å². The molecular formula is C45H49NO15. The Morgan fingerprint density at radius 1 is 0.885 bits per heavy atom. The fourth-order valence-electron chi connectivity index (χ4n) is 9.99. The quantitative estimate of drug-likeness (QED) is 0.130. The zero-order chi connectivity index (χ0) is 44.2. The minimum Gasteiger partial charge on any atom is -0.459 e. The van der Waals surface area contributed by atoms with Gasteiger partial charge in [0, 0.05) is 32.1 Å². The normalized spacial score (nSPS) is 32.2. The Bertz CT molecular complexity index is 2240. The van der Waals surface area contributed by atoms with Crippen molar-refractivity contribution >= 4 is 35.6 Å². The second kappa shape index (κ2) is 16.0. The predicted molar refractivity (Wildman–Crippen MR) is 210 cm³/mol. The summed E-state index contributed by atoms with van der Waals surface area (Å²) < 4.78 is 35.4. The molecule has 0 spiro atoms. The molecule has 3 fully saturated rings. The number of furan rings is 1. The largest absolute Gasteiger partial charge is 0.459 e. The molecule has 61 heavy (non-hydrogen) atoms. The van der Waals surface area contributed by atoms with Crippen molar-refractivity contribution in [2.45, 2.75) is 108 Å². The Balaban J connectivity index is 1.39. The summed E-state index contributed by atoms with van der Waals surface area (Å²) in [6.45, 7) is 7.92. The first-order valence-electron chi connectivity index (χ1n) is 20.0. The van der Waals surface area contributed by atoms with E-state index in [1.165, 1.54) is 44.4 Å². The summed E-state index contributed by atoms with van der Waals surface area (Å²) >= 11 is 0. The number of carbonyl (C=O) groups excluding carboxylic acids is 6. The van der Waals surface area contributed by atoms with Crippen LogP contribution in [-0.4, -0.2) is 105 Å². The Hall–Kier alpha value is -5.68. The molecule has 0 radical (unpaired) electrons. The molecule has 4 N–H and O–H groups in total. The summed E-state index contributed by atoms with van der Waals surface area (Å²) in [5, 5.41) is 40.0. The van der Waals surface area contributed by atoms with Gasteiger partial charge in [0.2, 0.25) is 0 Å². The summed E-state index contributed by atoms with van der Waals surface area (Å²) in [5.41, 5.74) is -7.37. The van der Waals surface area contributed by atoms with Crippen LogP contribution in [0.4, 0.5) is 0 Å². The number of carbonyl (C=O) groups is 6. The molecule has 2 aromatic carbocycles. The molecule has 4 aliphatic rings. The molecule has 16 heteroatoms. The molecule has 2 heterocycles. The zero-order valence-corrected chi connectivity index (χ0v) is 34.5. The Labute approximate surface area is 351 Å². The number of hydrogen-bond donors (Lipinski definition) is 4. The standard InChI is InChI=1S/C45H49NO15/c1-23-29(59-41(54)34(50)33(26-14-9-7-10-15-26)46-39(52)28-18-13-19-56-28)21-45(55)38(60-40(53)27-16-11-8-12-17-27)36-43(6,30(49)20-31-44(36,22-57-31)61-25(3)48)37(51)35(58-24(2)47)32(23)42(45,4)5/h7-19,29-31,33-36,38,49-50,55H,20-22H2,1-6H3,(H,46,52)/t29-,30-,31+,33-,34+,35+,36?,38-,43+,44-,45+/m0/s1. The van der Waals surface area contributed by atoms with Crippen molar-refractivity contribution in [1.29, 1.82) is 0 Å². The Morgan fingerprint density at radius 3 is 2.11 bits per heavy atom. The van der Waals surface area contributed by atoms with Gasteiger partial charge in [0.1, 0.15) is 23.9 Å². The SMILES string of the molecule is CC(=O)O[C@H]1C(=O)[C@@]2(C)C([C@H](OC(=O)c3ccccc3)[C@]3(O)C[C@H](OC(=O)[C@H](O)[C@@H](NC(=O)c4ccco4)c4ccccc4)C(C)=C1C3(C)C)[C@]1(OC(C)=O)CO[C@@H]1C[C@@H]2O. The lowest BCUT2D eigenvalue weighted by molar-refractivity contribution is -0.346. The van der Waals surface area contributed by atoms with Gasteiger partial charge in [-0.1, -0.05) is 62.4 Å². The summed E-state index contributed by atoms with van der Waals surface area (Å²) in [4.78, 5) is 83.1. The first-order valence-corrected chi connectivity index (χ1v) is 20.0.